The van der Waals surface area contributed by atoms with Crippen molar-refractivity contribution < 1.29 is 14.2 Å². The van der Waals surface area contributed by atoms with Gasteiger partial charge in [0.15, 0.2) is 5.96 Å². The van der Waals surface area contributed by atoms with Crippen molar-refractivity contribution in [1.82, 2.24) is 10.6 Å². The Labute approximate surface area is 167 Å². The molecule has 2 aromatic carbocycles. The van der Waals surface area contributed by atoms with Gasteiger partial charge < -0.3 is 24.8 Å². The summed E-state index contributed by atoms with van der Waals surface area (Å²) in [5.41, 5.74) is 2.19. The number of nitrogens with zero attached hydrogens (tertiary/aromatic N) is 1. The first-order chi connectivity index (χ1) is 13.4. The van der Waals surface area contributed by atoms with Gasteiger partial charge >= 0.3 is 0 Å². The SMILES string of the molecule is CN=C(NCc1ccc(OC)cc1OC)NCC(C)(C)c1ccc(OC)cc1. The maximum absolute atomic E-state index is 5.45. The van der Waals surface area contributed by atoms with E-state index in [1.165, 1.54) is 5.56 Å². The molecule has 6 heteroatoms. The summed E-state index contributed by atoms with van der Waals surface area (Å²) >= 11 is 0. The van der Waals surface area contributed by atoms with Gasteiger partial charge in [0, 0.05) is 37.2 Å². The predicted molar refractivity (Wildman–Crippen MR) is 114 cm³/mol. The van der Waals surface area contributed by atoms with Crippen LogP contribution in [-0.4, -0.2) is 40.9 Å². The van der Waals surface area contributed by atoms with Crippen LogP contribution in [0.5, 0.6) is 17.2 Å². The smallest absolute Gasteiger partial charge is 0.191 e. The van der Waals surface area contributed by atoms with Crippen molar-refractivity contribution in [3.8, 4) is 17.2 Å². The largest absolute Gasteiger partial charge is 0.497 e. The molecule has 6 nitrogen and oxygen atoms in total. The summed E-state index contributed by atoms with van der Waals surface area (Å²) in [6.45, 7) is 5.72. The molecule has 28 heavy (non-hydrogen) atoms. The van der Waals surface area contributed by atoms with E-state index < -0.39 is 0 Å². The van der Waals surface area contributed by atoms with E-state index in [0.717, 1.165) is 35.3 Å². The number of methoxy groups -OCH3 is 3. The van der Waals surface area contributed by atoms with Gasteiger partial charge in [0.05, 0.1) is 21.3 Å². The standard InChI is InChI=1S/C22H31N3O3/c1-22(2,17-8-11-18(26-4)12-9-17)15-25-21(23-3)24-14-16-7-10-19(27-5)13-20(16)28-6/h7-13H,14-15H2,1-6H3,(H2,23,24,25). The van der Waals surface area contributed by atoms with Gasteiger partial charge in [0.1, 0.15) is 17.2 Å². The Balaban J connectivity index is 1.97. The molecular weight excluding hydrogens is 354 g/mol. The molecule has 152 valence electrons. The van der Waals surface area contributed by atoms with Crippen LogP contribution in [0.3, 0.4) is 0 Å². The van der Waals surface area contributed by atoms with E-state index in [0.29, 0.717) is 6.54 Å². The molecule has 0 aliphatic carbocycles. The molecule has 0 bridgehead atoms. The van der Waals surface area contributed by atoms with E-state index in [2.05, 4.69) is 41.6 Å². The number of aliphatic imine (C=N–C) groups is 1. The van der Waals surface area contributed by atoms with Gasteiger partial charge in [-0.15, -0.1) is 0 Å². The molecule has 0 unspecified atom stereocenters. The van der Waals surface area contributed by atoms with Gasteiger partial charge in [-0.1, -0.05) is 26.0 Å². The van der Waals surface area contributed by atoms with Crippen molar-refractivity contribution >= 4 is 5.96 Å². The first-order valence-corrected chi connectivity index (χ1v) is 9.23. The van der Waals surface area contributed by atoms with Crippen molar-refractivity contribution in [2.75, 3.05) is 34.9 Å². The number of guanidine groups is 1. The third-order valence-electron chi connectivity index (χ3n) is 4.73. The quantitative estimate of drug-likeness (QED) is 0.539. The molecule has 0 aromatic heterocycles. The van der Waals surface area contributed by atoms with Crippen LogP contribution in [0.25, 0.3) is 0 Å². The molecule has 0 fully saturated rings. The average Bonchev–Trinajstić information content (AvgIpc) is 2.73. The van der Waals surface area contributed by atoms with Crippen LogP contribution in [0.4, 0.5) is 0 Å². The molecule has 0 saturated carbocycles. The Morgan fingerprint density at radius 2 is 1.54 bits per heavy atom. The Hall–Kier alpha value is -2.89. The number of hydrogen-bond acceptors (Lipinski definition) is 4. The lowest BCUT2D eigenvalue weighted by atomic mass is 9.84. The lowest BCUT2D eigenvalue weighted by Gasteiger charge is -2.27. The monoisotopic (exact) mass is 385 g/mol. The van der Waals surface area contributed by atoms with Gasteiger partial charge in [-0.3, -0.25) is 4.99 Å². The van der Waals surface area contributed by atoms with Crippen LogP contribution < -0.4 is 24.8 Å². The predicted octanol–water partition coefficient (Wildman–Crippen LogP) is 3.36. The van der Waals surface area contributed by atoms with Gasteiger partial charge in [-0.2, -0.15) is 0 Å². The fourth-order valence-corrected chi connectivity index (χ4v) is 2.85. The normalized spacial score (nSPS) is 11.7. The van der Waals surface area contributed by atoms with Crippen molar-refractivity contribution in [3.05, 3.63) is 53.6 Å². The highest BCUT2D eigenvalue weighted by atomic mass is 16.5. The number of benzene rings is 2. The van der Waals surface area contributed by atoms with Crippen LogP contribution in [0.2, 0.25) is 0 Å². The molecule has 0 aliphatic rings. The minimum Gasteiger partial charge on any atom is -0.497 e. The van der Waals surface area contributed by atoms with E-state index in [-0.39, 0.29) is 5.41 Å². The summed E-state index contributed by atoms with van der Waals surface area (Å²) < 4.78 is 15.9. The van der Waals surface area contributed by atoms with E-state index >= 15 is 0 Å². The van der Waals surface area contributed by atoms with Crippen LogP contribution in [-0.2, 0) is 12.0 Å². The minimum atomic E-state index is -0.0678. The summed E-state index contributed by atoms with van der Waals surface area (Å²) in [7, 11) is 6.74. The summed E-state index contributed by atoms with van der Waals surface area (Å²) in [5, 5.41) is 6.75. The van der Waals surface area contributed by atoms with Crippen LogP contribution >= 0.6 is 0 Å². The van der Waals surface area contributed by atoms with E-state index in [9.17, 15) is 0 Å². The van der Waals surface area contributed by atoms with Gasteiger partial charge in [-0.25, -0.2) is 0 Å². The highest BCUT2D eigenvalue weighted by Crippen LogP contribution is 2.25. The van der Waals surface area contributed by atoms with Gasteiger partial charge in [0.25, 0.3) is 0 Å². The molecule has 0 radical (unpaired) electrons. The third kappa shape index (κ3) is 5.55. The van der Waals surface area contributed by atoms with E-state index in [1.54, 1.807) is 28.4 Å². The molecule has 2 aromatic rings. The van der Waals surface area contributed by atoms with Crippen molar-refractivity contribution in [2.45, 2.75) is 25.8 Å². The highest BCUT2D eigenvalue weighted by molar-refractivity contribution is 5.79. The summed E-state index contributed by atoms with van der Waals surface area (Å²) in [5.74, 6) is 3.14. The molecule has 0 saturated heterocycles. The lowest BCUT2D eigenvalue weighted by molar-refractivity contribution is 0.390. The van der Waals surface area contributed by atoms with Gasteiger partial charge in [0.2, 0.25) is 0 Å². The van der Waals surface area contributed by atoms with Crippen LogP contribution in [0.1, 0.15) is 25.0 Å². The fourth-order valence-electron chi connectivity index (χ4n) is 2.85. The second-order valence-electron chi connectivity index (χ2n) is 7.07. The maximum Gasteiger partial charge on any atom is 0.191 e. The Morgan fingerprint density at radius 1 is 0.893 bits per heavy atom. The first kappa shape index (κ1) is 21.4. The molecule has 0 heterocycles. The summed E-state index contributed by atoms with van der Waals surface area (Å²) in [4.78, 5) is 4.33. The fraction of sp³-hybridized carbons (Fsp3) is 0.409. The zero-order valence-corrected chi connectivity index (χ0v) is 17.6. The van der Waals surface area contributed by atoms with Crippen LogP contribution in [0.15, 0.2) is 47.5 Å². The van der Waals surface area contributed by atoms with E-state index in [1.807, 2.05) is 30.3 Å². The number of rotatable bonds is 8. The van der Waals surface area contributed by atoms with Gasteiger partial charge in [-0.05, 0) is 29.8 Å². The topological polar surface area (TPSA) is 64.1 Å². The first-order valence-electron chi connectivity index (χ1n) is 9.23. The maximum atomic E-state index is 5.45. The Kier molecular flexibility index (Phi) is 7.55. The molecule has 0 amide bonds. The summed E-state index contributed by atoms with van der Waals surface area (Å²) in [6.07, 6.45) is 0. The van der Waals surface area contributed by atoms with Crippen molar-refractivity contribution in [3.63, 3.8) is 0 Å². The average molecular weight is 386 g/mol. The minimum absolute atomic E-state index is 0.0678. The number of nitrogens with one attached hydrogen (secondary N) is 2. The second-order valence-corrected chi connectivity index (χ2v) is 7.07. The zero-order valence-electron chi connectivity index (χ0n) is 17.6. The molecular formula is C22H31N3O3. The molecule has 0 spiro atoms. The van der Waals surface area contributed by atoms with Crippen molar-refractivity contribution in [1.29, 1.82) is 0 Å². The zero-order chi connectivity index (χ0) is 20.6. The molecule has 0 atom stereocenters. The Morgan fingerprint density at radius 3 is 2.11 bits per heavy atom. The molecule has 2 N–H and O–H groups in total. The second kappa shape index (κ2) is 9.88. The molecule has 0 aliphatic heterocycles. The van der Waals surface area contributed by atoms with Crippen molar-refractivity contribution in [2.24, 2.45) is 4.99 Å². The number of ether oxygens (including phenoxy) is 3. The summed E-state index contributed by atoms with van der Waals surface area (Å²) in [6, 6.07) is 13.9. The third-order valence-corrected chi connectivity index (χ3v) is 4.73. The van der Waals surface area contributed by atoms with Crippen LogP contribution in [0, 0.1) is 0 Å². The Bertz CT molecular complexity index is 786. The highest BCUT2D eigenvalue weighted by Gasteiger charge is 2.21. The lowest BCUT2D eigenvalue weighted by Crippen LogP contribution is -2.43. The number of hydrogen-bond donors (Lipinski definition) is 2. The van der Waals surface area contributed by atoms with E-state index in [4.69, 9.17) is 14.2 Å². The molecule has 2 rings (SSSR count).